The molecule has 1 saturated carbocycles. The van der Waals surface area contributed by atoms with Gasteiger partial charge >= 0.3 is 0 Å². The van der Waals surface area contributed by atoms with Crippen LogP contribution in [0.5, 0.6) is 0 Å². The Labute approximate surface area is 164 Å². The van der Waals surface area contributed by atoms with Crippen molar-refractivity contribution in [3.8, 4) is 0 Å². The number of carbonyl (C=O) groups is 1. The highest BCUT2D eigenvalue weighted by Gasteiger charge is 2.45. The summed E-state index contributed by atoms with van der Waals surface area (Å²) < 4.78 is 14.1. The maximum Gasteiger partial charge on any atom is 0.227 e. The lowest BCUT2D eigenvalue weighted by molar-refractivity contribution is -0.116. The maximum atomic E-state index is 14.1. The van der Waals surface area contributed by atoms with Gasteiger partial charge in [0, 0.05) is 38.2 Å². The highest BCUT2D eigenvalue weighted by molar-refractivity contribution is 5.90. The summed E-state index contributed by atoms with van der Waals surface area (Å²) in [5.74, 6) is 0.859. The molecule has 7 heteroatoms. The molecular formula is C21H26FN5O. The molecule has 0 unspecified atom stereocenters. The van der Waals surface area contributed by atoms with Crippen LogP contribution in [0.3, 0.4) is 0 Å². The van der Waals surface area contributed by atoms with Gasteiger partial charge in [-0.2, -0.15) is 0 Å². The highest BCUT2D eigenvalue weighted by Crippen LogP contribution is 2.48. The fraction of sp³-hybridized carbons (Fsp3) is 0.381. The van der Waals surface area contributed by atoms with Crippen LogP contribution in [0.4, 0.5) is 10.2 Å². The van der Waals surface area contributed by atoms with Crippen molar-refractivity contribution in [2.24, 2.45) is 4.99 Å². The van der Waals surface area contributed by atoms with Gasteiger partial charge in [0.2, 0.25) is 5.91 Å². The third-order valence-corrected chi connectivity index (χ3v) is 4.94. The number of aliphatic imine (C=N–C) groups is 1. The van der Waals surface area contributed by atoms with Gasteiger partial charge in [-0.15, -0.1) is 0 Å². The Kier molecular flexibility index (Phi) is 6.23. The van der Waals surface area contributed by atoms with E-state index >= 15 is 0 Å². The first-order valence-electron chi connectivity index (χ1n) is 9.44. The van der Waals surface area contributed by atoms with Crippen LogP contribution < -0.4 is 16.0 Å². The first-order chi connectivity index (χ1) is 13.5. The second-order valence-corrected chi connectivity index (χ2v) is 7.13. The molecule has 1 amide bonds. The van der Waals surface area contributed by atoms with E-state index in [4.69, 9.17) is 0 Å². The van der Waals surface area contributed by atoms with Crippen molar-refractivity contribution in [2.75, 3.05) is 25.5 Å². The summed E-state index contributed by atoms with van der Waals surface area (Å²) in [6, 6.07) is 10.6. The molecule has 1 aliphatic rings. The number of amides is 1. The summed E-state index contributed by atoms with van der Waals surface area (Å²) in [5.41, 5.74) is 1.62. The van der Waals surface area contributed by atoms with Gasteiger partial charge in [0.1, 0.15) is 11.6 Å². The number of halogens is 1. The number of benzene rings is 1. The van der Waals surface area contributed by atoms with Crippen molar-refractivity contribution in [3.63, 3.8) is 0 Å². The first kappa shape index (κ1) is 19.8. The molecule has 3 rings (SSSR count). The zero-order chi connectivity index (χ0) is 20.0. The van der Waals surface area contributed by atoms with Crippen LogP contribution in [0, 0.1) is 12.7 Å². The van der Waals surface area contributed by atoms with Crippen LogP contribution in [-0.4, -0.2) is 37.0 Å². The van der Waals surface area contributed by atoms with E-state index in [2.05, 4.69) is 25.9 Å². The molecule has 0 atom stereocenters. The second-order valence-electron chi connectivity index (χ2n) is 7.13. The fourth-order valence-electron chi connectivity index (χ4n) is 3.10. The average Bonchev–Trinajstić information content (AvgIpc) is 3.47. The van der Waals surface area contributed by atoms with Gasteiger partial charge in [-0.25, -0.2) is 9.37 Å². The summed E-state index contributed by atoms with van der Waals surface area (Å²) >= 11 is 0. The van der Waals surface area contributed by atoms with Gasteiger partial charge in [0.15, 0.2) is 5.96 Å². The standard InChI is InChI=1S/C21H26FN5O/c1-15-7-8-18(25-13-15)27-19(28)9-12-24-20(23-2)26-14-21(10-11-21)16-5-3-4-6-17(16)22/h3-8,13H,9-12,14H2,1-2H3,(H2,23,24,26)(H,25,27,28). The van der Waals surface area contributed by atoms with Crippen LogP contribution in [0.1, 0.15) is 30.4 Å². The molecule has 1 aromatic heterocycles. The minimum absolute atomic E-state index is 0.121. The Morgan fingerprint density at radius 3 is 2.64 bits per heavy atom. The van der Waals surface area contributed by atoms with E-state index in [-0.39, 0.29) is 23.6 Å². The third-order valence-electron chi connectivity index (χ3n) is 4.94. The molecular weight excluding hydrogens is 357 g/mol. The number of aromatic nitrogens is 1. The smallest absolute Gasteiger partial charge is 0.227 e. The normalized spacial score (nSPS) is 15.0. The molecule has 6 nitrogen and oxygen atoms in total. The van der Waals surface area contributed by atoms with Gasteiger partial charge < -0.3 is 16.0 Å². The first-order valence-corrected chi connectivity index (χ1v) is 9.44. The lowest BCUT2D eigenvalue weighted by atomic mass is 9.95. The van der Waals surface area contributed by atoms with Gasteiger partial charge in [-0.3, -0.25) is 9.79 Å². The molecule has 1 fully saturated rings. The van der Waals surface area contributed by atoms with Crippen molar-refractivity contribution in [1.29, 1.82) is 0 Å². The molecule has 0 bridgehead atoms. The van der Waals surface area contributed by atoms with Crippen LogP contribution in [0.15, 0.2) is 47.6 Å². The second kappa shape index (κ2) is 8.82. The van der Waals surface area contributed by atoms with Crippen LogP contribution in [-0.2, 0) is 10.2 Å². The predicted molar refractivity (Wildman–Crippen MR) is 109 cm³/mol. The minimum atomic E-state index is -0.169. The topological polar surface area (TPSA) is 78.4 Å². The van der Waals surface area contributed by atoms with Crippen LogP contribution in [0.2, 0.25) is 0 Å². The predicted octanol–water partition coefficient (Wildman–Crippen LogP) is 2.75. The Morgan fingerprint density at radius 1 is 1.21 bits per heavy atom. The zero-order valence-electron chi connectivity index (χ0n) is 16.3. The Morgan fingerprint density at radius 2 is 2.00 bits per heavy atom. The molecule has 148 valence electrons. The molecule has 0 spiro atoms. The zero-order valence-corrected chi connectivity index (χ0v) is 16.3. The molecule has 28 heavy (non-hydrogen) atoms. The molecule has 0 radical (unpaired) electrons. The maximum absolute atomic E-state index is 14.1. The average molecular weight is 383 g/mol. The number of anilines is 1. The Balaban J connectivity index is 1.43. The lowest BCUT2D eigenvalue weighted by Gasteiger charge is -2.19. The van der Waals surface area contributed by atoms with Crippen molar-refractivity contribution < 1.29 is 9.18 Å². The van der Waals surface area contributed by atoms with E-state index in [0.29, 0.717) is 24.9 Å². The van der Waals surface area contributed by atoms with Crippen LogP contribution in [0.25, 0.3) is 0 Å². The summed E-state index contributed by atoms with van der Waals surface area (Å²) in [6.45, 7) is 2.98. The van der Waals surface area contributed by atoms with E-state index in [1.54, 1.807) is 25.4 Å². The number of pyridine rings is 1. The molecule has 0 aliphatic heterocycles. The van der Waals surface area contributed by atoms with Crippen molar-refractivity contribution >= 4 is 17.7 Å². The lowest BCUT2D eigenvalue weighted by Crippen LogP contribution is -2.42. The Hall–Kier alpha value is -2.96. The van der Waals surface area contributed by atoms with E-state index in [0.717, 1.165) is 24.0 Å². The number of hydrogen-bond donors (Lipinski definition) is 3. The molecule has 0 saturated heterocycles. The number of rotatable bonds is 7. The van der Waals surface area contributed by atoms with E-state index < -0.39 is 0 Å². The molecule has 1 aromatic carbocycles. The summed E-state index contributed by atoms with van der Waals surface area (Å²) in [6.07, 6.45) is 3.89. The summed E-state index contributed by atoms with van der Waals surface area (Å²) in [7, 11) is 1.67. The fourth-order valence-corrected chi connectivity index (χ4v) is 3.10. The Bertz CT molecular complexity index is 846. The van der Waals surface area contributed by atoms with E-state index in [9.17, 15) is 9.18 Å². The SMILES string of the molecule is CN=C(NCCC(=O)Nc1ccc(C)cn1)NCC1(c2ccccc2F)CC1. The molecule has 2 aromatic rings. The van der Waals surface area contributed by atoms with Gasteiger partial charge in [-0.05, 0) is 43.0 Å². The van der Waals surface area contributed by atoms with Crippen molar-refractivity contribution in [2.45, 2.75) is 31.6 Å². The van der Waals surface area contributed by atoms with Crippen molar-refractivity contribution in [3.05, 3.63) is 59.5 Å². The number of aryl methyl sites for hydroxylation is 1. The summed E-state index contributed by atoms with van der Waals surface area (Å²) in [4.78, 5) is 20.4. The number of carbonyl (C=O) groups excluding carboxylic acids is 1. The van der Waals surface area contributed by atoms with E-state index in [1.807, 2.05) is 25.1 Å². The van der Waals surface area contributed by atoms with Gasteiger partial charge in [0.25, 0.3) is 0 Å². The molecule has 1 aliphatic carbocycles. The highest BCUT2D eigenvalue weighted by atomic mass is 19.1. The van der Waals surface area contributed by atoms with Crippen LogP contribution >= 0.6 is 0 Å². The van der Waals surface area contributed by atoms with Gasteiger partial charge in [0.05, 0.1) is 0 Å². The monoisotopic (exact) mass is 383 g/mol. The minimum Gasteiger partial charge on any atom is -0.356 e. The van der Waals surface area contributed by atoms with Crippen molar-refractivity contribution in [1.82, 2.24) is 15.6 Å². The quantitative estimate of drug-likeness (QED) is 0.507. The third kappa shape index (κ3) is 5.06. The molecule has 1 heterocycles. The number of nitrogens with one attached hydrogen (secondary N) is 3. The van der Waals surface area contributed by atoms with E-state index in [1.165, 1.54) is 6.07 Å². The number of guanidine groups is 1. The largest absolute Gasteiger partial charge is 0.356 e. The van der Waals surface area contributed by atoms with Gasteiger partial charge in [-0.1, -0.05) is 24.3 Å². The number of hydrogen-bond acceptors (Lipinski definition) is 3. The summed E-state index contributed by atoms with van der Waals surface area (Å²) in [5, 5.41) is 9.14. The molecule has 3 N–H and O–H groups in total. The number of nitrogens with zero attached hydrogens (tertiary/aromatic N) is 2.